The second kappa shape index (κ2) is 3.44. The van der Waals surface area contributed by atoms with Gasteiger partial charge in [0, 0.05) is 6.92 Å². The van der Waals surface area contributed by atoms with Gasteiger partial charge in [0.1, 0.15) is 6.17 Å². The molecule has 0 aliphatic rings. The number of carbonyl (C=O) groups excluding carboxylic acids is 1. The van der Waals surface area contributed by atoms with Gasteiger partial charge in [0.2, 0.25) is 10.7 Å². The predicted octanol–water partition coefficient (Wildman–Crippen LogP) is -0.00971. The minimum Gasteiger partial charge on any atom is -0.335 e. The molecule has 0 spiro atoms. The summed E-state index contributed by atoms with van der Waals surface area (Å²) >= 11 is 4.82. The smallest absolute Gasteiger partial charge is 0.240 e. The molecule has 0 fully saturated rings. The summed E-state index contributed by atoms with van der Waals surface area (Å²) in [7, 11) is 0. The number of nitrogens with zero attached hydrogens (tertiary/aromatic N) is 3. The number of nitrogens with one attached hydrogen (secondary N) is 2. The zero-order valence-electron chi connectivity index (χ0n) is 6.74. The van der Waals surface area contributed by atoms with Crippen LogP contribution in [0.4, 0.5) is 0 Å². The maximum Gasteiger partial charge on any atom is 0.240 e. The Bertz CT molecular complexity index is 329. The summed E-state index contributed by atoms with van der Waals surface area (Å²) in [6.07, 6.45) is -0.245. The first kappa shape index (κ1) is 8.85. The third kappa shape index (κ3) is 1.88. The molecule has 12 heavy (non-hydrogen) atoms. The van der Waals surface area contributed by atoms with Crippen molar-refractivity contribution in [2.75, 3.05) is 0 Å². The van der Waals surface area contributed by atoms with E-state index in [0.29, 0.717) is 4.77 Å². The molecule has 0 aromatic carbocycles. The summed E-state index contributed by atoms with van der Waals surface area (Å²) in [5.74, 6) is -0.126. The first-order valence-electron chi connectivity index (χ1n) is 3.38. The molecule has 0 saturated carbocycles. The third-order valence-electron chi connectivity index (χ3n) is 1.29. The lowest BCUT2D eigenvalue weighted by Gasteiger charge is -2.11. The molecule has 0 aliphatic carbocycles. The molecule has 7 heteroatoms. The van der Waals surface area contributed by atoms with Gasteiger partial charge in [-0.15, -0.1) is 0 Å². The Morgan fingerprint density at radius 3 is 2.92 bits per heavy atom. The molecule has 1 amide bonds. The van der Waals surface area contributed by atoms with Gasteiger partial charge in [0.25, 0.3) is 0 Å². The highest BCUT2D eigenvalue weighted by Crippen LogP contribution is 1.96. The Hall–Kier alpha value is -1.24. The minimum atomic E-state index is -0.245. The van der Waals surface area contributed by atoms with Gasteiger partial charge in [-0.25, -0.2) is 4.68 Å². The van der Waals surface area contributed by atoms with Crippen LogP contribution in [-0.2, 0) is 4.79 Å². The summed E-state index contributed by atoms with van der Waals surface area (Å²) in [6.45, 7) is 3.21. The number of rotatable bonds is 2. The van der Waals surface area contributed by atoms with Crippen LogP contribution in [0.2, 0.25) is 0 Å². The van der Waals surface area contributed by atoms with Crippen LogP contribution >= 0.6 is 12.2 Å². The summed E-state index contributed by atoms with van der Waals surface area (Å²) < 4.78 is 1.80. The van der Waals surface area contributed by atoms with Crippen LogP contribution in [0, 0.1) is 4.77 Å². The van der Waals surface area contributed by atoms with Crippen molar-refractivity contribution >= 4 is 18.1 Å². The number of aromatic amines is 1. The average Bonchev–Trinajstić information content (AvgIpc) is 2.33. The largest absolute Gasteiger partial charge is 0.335 e. The molecule has 1 rings (SSSR count). The fraction of sp³-hybridized carbons (Fsp3) is 0.600. The van der Waals surface area contributed by atoms with Crippen LogP contribution in [0.15, 0.2) is 0 Å². The molecule has 0 saturated heterocycles. The molecule has 1 heterocycles. The van der Waals surface area contributed by atoms with Crippen LogP contribution < -0.4 is 5.32 Å². The van der Waals surface area contributed by atoms with Gasteiger partial charge < -0.3 is 5.32 Å². The Kier molecular flexibility index (Phi) is 2.54. The first-order chi connectivity index (χ1) is 5.61. The average molecular weight is 187 g/mol. The van der Waals surface area contributed by atoms with Crippen molar-refractivity contribution in [3.8, 4) is 0 Å². The number of aromatic nitrogens is 4. The standard InChI is InChI=1S/C5H9N5OS/c1-3(6-4(2)11)10-5(12)7-8-9-10/h3H,1-2H3,(H,6,11)(H,7,9,12). The molecule has 0 radical (unpaired) electrons. The minimum absolute atomic E-state index is 0.126. The molecular weight excluding hydrogens is 178 g/mol. The van der Waals surface area contributed by atoms with Crippen LogP contribution in [0.3, 0.4) is 0 Å². The number of amides is 1. The lowest BCUT2D eigenvalue weighted by molar-refractivity contribution is -0.120. The fourth-order valence-corrected chi connectivity index (χ4v) is 1.06. The Morgan fingerprint density at radius 1 is 1.83 bits per heavy atom. The SMILES string of the molecule is CC(=O)NC(C)n1[nH]nnc1=S. The Balaban J connectivity index is 2.78. The molecule has 1 unspecified atom stereocenters. The van der Waals surface area contributed by atoms with Crippen LogP contribution in [0.1, 0.15) is 20.0 Å². The van der Waals surface area contributed by atoms with Crippen molar-refractivity contribution in [2.45, 2.75) is 20.0 Å². The Morgan fingerprint density at radius 2 is 2.50 bits per heavy atom. The zero-order valence-corrected chi connectivity index (χ0v) is 7.55. The van der Waals surface area contributed by atoms with Gasteiger partial charge in [-0.05, 0) is 19.1 Å². The van der Waals surface area contributed by atoms with E-state index in [9.17, 15) is 4.79 Å². The topological polar surface area (TPSA) is 75.6 Å². The lowest BCUT2D eigenvalue weighted by Crippen LogP contribution is -2.29. The van der Waals surface area contributed by atoms with Crippen molar-refractivity contribution in [1.82, 2.24) is 25.5 Å². The first-order valence-corrected chi connectivity index (χ1v) is 3.79. The molecular formula is C5H9N5OS. The normalized spacial score (nSPS) is 12.5. The van der Waals surface area contributed by atoms with Gasteiger partial charge in [-0.1, -0.05) is 10.3 Å². The summed E-state index contributed by atoms with van der Waals surface area (Å²) in [5.41, 5.74) is 0. The zero-order chi connectivity index (χ0) is 9.14. The van der Waals surface area contributed by atoms with Crippen molar-refractivity contribution in [3.05, 3.63) is 4.77 Å². The van der Waals surface area contributed by atoms with E-state index in [4.69, 9.17) is 12.2 Å². The van der Waals surface area contributed by atoms with Crippen LogP contribution in [-0.4, -0.2) is 26.1 Å². The molecule has 1 aromatic rings. The van der Waals surface area contributed by atoms with E-state index in [1.54, 1.807) is 6.92 Å². The highest BCUT2D eigenvalue weighted by atomic mass is 32.1. The van der Waals surface area contributed by atoms with E-state index in [-0.39, 0.29) is 12.1 Å². The highest BCUT2D eigenvalue weighted by molar-refractivity contribution is 7.71. The van der Waals surface area contributed by atoms with E-state index in [1.807, 2.05) is 0 Å². The predicted molar refractivity (Wildman–Crippen MR) is 43.7 cm³/mol. The van der Waals surface area contributed by atoms with Gasteiger partial charge in [0.15, 0.2) is 0 Å². The summed E-state index contributed by atoms with van der Waals surface area (Å²) in [5, 5.41) is 12.2. The van der Waals surface area contributed by atoms with Crippen molar-refractivity contribution in [1.29, 1.82) is 0 Å². The number of hydrogen-bond donors (Lipinski definition) is 2. The molecule has 2 N–H and O–H groups in total. The Labute approximate surface area is 73.9 Å². The molecule has 66 valence electrons. The van der Waals surface area contributed by atoms with Crippen LogP contribution in [0.25, 0.3) is 0 Å². The van der Waals surface area contributed by atoms with E-state index in [2.05, 4.69) is 20.8 Å². The van der Waals surface area contributed by atoms with Crippen molar-refractivity contribution in [2.24, 2.45) is 0 Å². The second-order valence-electron chi connectivity index (χ2n) is 2.33. The summed E-state index contributed by atoms with van der Waals surface area (Å²) in [4.78, 5) is 10.6. The molecule has 1 atom stereocenters. The summed E-state index contributed by atoms with van der Waals surface area (Å²) in [6, 6.07) is 0. The van der Waals surface area contributed by atoms with Crippen LogP contribution in [0.5, 0.6) is 0 Å². The number of carbonyl (C=O) groups is 1. The van der Waals surface area contributed by atoms with E-state index in [1.165, 1.54) is 11.6 Å². The van der Waals surface area contributed by atoms with E-state index >= 15 is 0 Å². The van der Waals surface area contributed by atoms with Gasteiger partial charge in [-0.2, -0.15) is 5.21 Å². The maximum atomic E-state index is 10.6. The number of H-pyrrole nitrogens is 1. The fourth-order valence-electron chi connectivity index (χ4n) is 0.815. The van der Waals surface area contributed by atoms with E-state index in [0.717, 1.165) is 0 Å². The lowest BCUT2D eigenvalue weighted by atomic mass is 10.5. The highest BCUT2D eigenvalue weighted by Gasteiger charge is 2.06. The van der Waals surface area contributed by atoms with Crippen molar-refractivity contribution < 1.29 is 4.79 Å². The quantitative estimate of drug-likeness (QED) is 0.638. The second-order valence-corrected chi connectivity index (χ2v) is 2.69. The molecule has 6 nitrogen and oxygen atoms in total. The molecule has 0 aliphatic heterocycles. The number of hydrogen-bond acceptors (Lipinski definition) is 4. The van der Waals surface area contributed by atoms with Crippen molar-refractivity contribution in [3.63, 3.8) is 0 Å². The molecule has 1 aromatic heterocycles. The van der Waals surface area contributed by atoms with Gasteiger partial charge in [-0.3, -0.25) is 4.79 Å². The van der Waals surface area contributed by atoms with E-state index < -0.39 is 0 Å². The third-order valence-corrected chi connectivity index (χ3v) is 1.57. The maximum absolute atomic E-state index is 10.6. The van der Waals surface area contributed by atoms with Gasteiger partial charge in [0.05, 0.1) is 0 Å². The number of tetrazole rings is 1. The van der Waals surface area contributed by atoms with Gasteiger partial charge >= 0.3 is 0 Å². The molecule has 0 bridgehead atoms. The monoisotopic (exact) mass is 187 g/mol.